The van der Waals surface area contributed by atoms with E-state index in [0.717, 1.165) is 12.2 Å². The van der Waals surface area contributed by atoms with E-state index >= 15 is 0 Å². The molecule has 34 heavy (non-hydrogen) atoms. The fourth-order valence-electron chi connectivity index (χ4n) is 4.15. The van der Waals surface area contributed by atoms with Crippen LogP contribution in [0, 0.1) is 6.92 Å². The van der Waals surface area contributed by atoms with Gasteiger partial charge in [0, 0.05) is 0 Å². The molecule has 1 aliphatic carbocycles. The summed E-state index contributed by atoms with van der Waals surface area (Å²) in [6.45, 7) is 11.2. The van der Waals surface area contributed by atoms with Crippen LogP contribution in [0.1, 0.15) is 56.4 Å². The Labute approximate surface area is 223 Å². The maximum atomic E-state index is 7.09. The molecule has 0 amide bonds. The van der Waals surface area contributed by atoms with Crippen LogP contribution in [0.25, 0.3) is 0 Å². The largest absolute Gasteiger partial charge is 0.147 e. The van der Waals surface area contributed by atoms with E-state index in [9.17, 15) is 0 Å². The fourth-order valence-corrected chi connectivity index (χ4v) is 8.02. The molecule has 0 radical (unpaired) electrons. The Morgan fingerprint density at radius 2 is 1.35 bits per heavy atom. The number of benzene rings is 3. The molecule has 0 atom stereocenters. The first-order chi connectivity index (χ1) is 15.3. The number of halogens is 2. The van der Waals surface area contributed by atoms with Gasteiger partial charge in [-0.25, -0.2) is 0 Å². The van der Waals surface area contributed by atoms with Gasteiger partial charge in [0.15, 0.2) is 0 Å². The van der Waals surface area contributed by atoms with Crippen LogP contribution in [0.5, 0.6) is 5.75 Å². The van der Waals surface area contributed by atoms with E-state index < -0.39 is 17.8 Å². The van der Waals surface area contributed by atoms with Crippen LogP contribution in [-0.2, 0) is 23.2 Å². The smallest absolute Gasteiger partial charge is 0.147 e. The van der Waals surface area contributed by atoms with E-state index in [1.165, 1.54) is 35.5 Å². The summed E-state index contributed by atoms with van der Waals surface area (Å²) in [5.74, 6) is 1.00. The van der Waals surface area contributed by atoms with Crippen LogP contribution in [0.15, 0.2) is 100 Å². The molecule has 0 N–H and O–H groups in total. The molecule has 1 aliphatic rings. The molecule has 0 saturated carbocycles. The van der Waals surface area contributed by atoms with E-state index in [0.29, 0.717) is 0 Å². The van der Waals surface area contributed by atoms with Crippen molar-refractivity contribution in [3.8, 4) is 5.75 Å². The SMILES string of the molecule is CC1=[C]([Ti]([O]c2cc(C)cc(C(C)(C)C)c2)=[C](c2ccccc2)c2ccccc2)CC=C1.Cl.Cl. The van der Waals surface area contributed by atoms with Crippen molar-refractivity contribution in [2.45, 2.75) is 46.5 Å². The molecule has 0 fully saturated rings. The Balaban J connectivity index is 0.00000204. The van der Waals surface area contributed by atoms with Crippen LogP contribution < -0.4 is 3.32 Å². The van der Waals surface area contributed by atoms with Crippen molar-refractivity contribution in [1.29, 1.82) is 0 Å². The van der Waals surface area contributed by atoms with Gasteiger partial charge in [-0.2, -0.15) is 0 Å². The van der Waals surface area contributed by atoms with Crippen LogP contribution in [0.4, 0.5) is 0 Å². The molecule has 0 saturated heterocycles. The van der Waals surface area contributed by atoms with Crippen LogP contribution in [0.3, 0.4) is 0 Å². The van der Waals surface area contributed by atoms with Crippen molar-refractivity contribution in [1.82, 2.24) is 0 Å². The van der Waals surface area contributed by atoms with Crippen LogP contribution in [-0.4, -0.2) is 3.81 Å². The van der Waals surface area contributed by atoms with E-state index in [2.05, 4.69) is 126 Å². The Bertz CT molecular complexity index is 1160. The summed E-state index contributed by atoms with van der Waals surface area (Å²) in [6.07, 6.45) is 5.53. The molecule has 0 unspecified atom stereocenters. The molecule has 178 valence electrons. The van der Waals surface area contributed by atoms with Gasteiger partial charge >= 0.3 is 200 Å². The Kier molecular flexibility index (Phi) is 10.2. The zero-order valence-corrected chi connectivity index (χ0v) is 23.8. The molecule has 0 aromatic heterocycles. The van der Waals surface area contributed by atoms with Gasteiger partial charge in [-0.15, -0.1) is 24.8 Å². The first-order valence-electron chi connectivity index (χ1n) is 11.3. The number of hydrogen-bond donors (Lipinski definition) is 0. The predicted octanol–water partition coefficient (Wildman–Crippen LogP) is 8.55. The quantitative estimate of drug-likeness (QED) is 0.301. The fraction of sp³-hybridized carbons (Fsp3) is 0.233. The molecule has 3 aromatic carbocycles. The van der Waals surface area contributed by atoms with Crippen molar-refractivity contribution in [3.63, 3.8) is 0 Å². The third-order valence-corrected chi connectivity index (χ3v) is 10.0. The predicted molar refractivity (Wildman–Crippen MR) is 148 cm³/mol. The second kappa shape index (κ2) is 12.2. The Morgan fingerprint density at radius 1 is 0.794 bits per heavy atom. The van der Waals surface area contributed by atoms with Gasteiger partial charge in [0.05, 0.1) is 0 Å². The summed E-state index contributed by atoms with van der Waals surface area (Å²) in [6, 6.07) is 28.4. The molecule has 0 aliphatic heterocycles. The summed E-state index contributed by atoms with van der Waals surface area (Å²) in [4.78, 5) is 0. The first-order valence-corrected chi connectivity index (χ1v) is 13.5. The summed E-state index contributed by atoms with van der Waals surface area (Å²) in [5, 5.41) is 0. The molecule has 0 heterocycles. The summed E-state index contributed by atoms with van der Waals surface area (Å²) in [7, 11) is 0. The second-order valence-electron chi connectivity index (χ2n) is 9.59. The number of allylic oxidation sites excluding steroid dienone is 4. The van der Waals surface area contributed by atoms with Crippen LogP contribution >= 0.6 is 24.8 Å². The van der Waals surface area contributed by atoms with Crippen molar-refractivity contribution in [3.05, 3.63) is 123 Å². The molecular formula is C30H34Cl2OTi. The molecule has 1 nitrogen and oxygen atoms in total. The molecular weight excluding hydrogens is 495 g/mol. The third kappa shape index (κ3) is 6.61. The second-order valence-corrected chi connectivity index (χ2v) is 12.7. The van der Waals surface area contributed by atoms with E-state index in [4.69, 9.17) is 3.32 Å². The zero-order chi connectivity index (χ0) is 22.7. The van der Waals surface area contributed by atoms with Gasteiger partial charge in [-0.3, -0.25) is 0 Å². The Hall–Kier alpha value is -1.90. The van der Waals surface area contributed by atoms with E-state index in [-0.39, 0.29) is 30.2 Å². The van der Waals surface area contributed by atoms with Gasteiger partial charge in [0.1, 0.15) is 0 Å². The van der Waals surface area contributed by atoms with Gasteiger partial charge < -0.3 is 0 Å². The zero-order valence-electron chi connectivity index (χ0n) is 20.6. The molecule has 4 rings (SSSR count). The average Bonchev–Trinajstić information content (AvgIpc) is 3.19. The Morgan fingerprint density at radius 3 is 1.82 bits per heavy atom. The average molecular weight is 529 g/mol. The van der Waals surface area contributed by atoms with Crippen molar-refractivity contribution in [2.75, 3.05) is 0 Å². The third-order valence-electron chi connectivity index (χ3n) is 5.93. The number of hydrogen-bond acceptors (Lipinski definition) is 1. The molecule has 0 bridgehead atoms. The summed E-state index contributed by atoms with van der Waals surface area (Å²) >= 11 is -2.37. The minimum absolute atomic E-state index is 0. The first kappa shape index (κ1) is 28.3. The van der Waals surface area contributed by atoms with E-state index in [1.54, 1.807) is 0 Å². The normalized spacial score (nSPS) is 12.6. The maximum Gasteiger partial charge on any atom is -0.147 e. The van der Waals surface area contributed by atoms with Crippen molar-refractivity contribution in [2.24, 2.45) is 0 Å². The monoisotopic (exact) mass is 528 g/mol. The topological polar surface area (TPSA) is 9.23 Å². The minimum Gasteiger partial charge on any atom is -0.147 e. The van der Waals surface area contributed by atoms with Gasteiger partial charge in [0.2, 0.25) is 0 Å². The van der Waals surface area contributed by atoms with Crippen molar-refractivity contribution >= 4 is 28.6 Å². The molecule has 0 spiro atoms. The molecule has 3 aromatic rings. The maximum absolute atomic E-state index is 7.09. The minimum atomic E-state index is -2.37. The van der Waals surface area contributed by atoms with Gasteiger partial charge in [0.25, 0.3) is 0 Å². The summed E-state index contributed by atoms with van der Waals surface area (Å²) < 4.78 is 9.96. The van der Waals surface area contributed by atoms with Crippen LogP contribution in [0.2, 0.25) is 0 Å². The summed E-state index contributed by atoms with van der Waals surface area (Å²) in [5.41, 5.74) is 6.56. The van der Waals surface area contributed by atoms with Gasteiger partial charge in [-0.1, -0.05) is 0 Å². The number of rotatable bonds is 5. The number of aryl methyl sites for hydroxylation is 1. The molecule has 4 heteroatoms. The van der Waals surface area contributed by atoms with Gasteiger partial charge in [-0.05, 0) is 0 Å². The standard InChI is InChI=1S/C13H10.C11H16O.C6H7.2ClH.Ti/c1-3-7-12(8-4-1)11-13-9-5-2-6-10-13;1-8-5-9(11(2,3)4)7-10(12)6-8;1-6-4-2-3-5-6;;;/h1-10H;5-7,12H,1-4H3;2,4H,3H2,1H3;2*1H;/q;;;;;+1/p-1. The van der Waals surface area contributed by atoms with E-state index in [1.807, 2.05) is 0 Å². The van der Waals surface area contributed by atoms with Crippen molar-refractivity contribution < 1.29 is 21.1 Å².